The van der Waals surface area contributed by atoms with Crippen molar-refractivity contribution in [3.05, 3.63) is 0 Å². The zero-order valence-electron chi connectivity index (χ0n) is 7.10. The predicted octanol–water partition coefficient (Wildman–Crippen LogP) is 2.79. The van der Waals surface area contributed by atoms with E-state index in [2.05, 4.69) is 0 Å². The van der Waals surface area contributed by atoms with E-state index in [1.807, 2.05) is 6.92 Å². The second kappa shape index (κ2) is 6.65. The molecule has 0 saturated carbocycles. The van der Waals surface area contributed by atoms with E-state index in [0.29, 0.717) is 12.8 Å². The summed E-state index contributed by atoms with van der Waals surface area (Å²) in [6.45, 7) is 3.38. The first-order valence-electron chi connectivity index (χ1n) is 3.94. The maximum atomic E-state index is 12.6. The van der Waals surface area contributed by atoms with Crippen LogP contribution >= 0.6 is 11.8 Å². The van der Waals surface area contributed by atoms with Crippen LogP contribution in [0.3, 0.4) is 0 Å². The van der Waals surface area contributed by atoms with Crippen molar-refractivity contribution in [1.82, 2.24) is 0 Å². The van der Waals surface area contributed by atoms with Crippen LogP contribution in [0.1, 0.15) is 33.1 Å². The highest BCUT2D eigenvalue weighted by molar-refractivity contribution is 8.13. The maximum Gasteiger partial charge on any atom is 0.185 e. The summed E-state index contributed by atoms with van der Waals surface area (Å²) < 4.78 is 12.6. The molecule has 0 aliphatic carbocycles. The Morgan fingerprint density at radius 2 is 2.27 bits per heavy atom. The fourth-order valence-electron chi connectivity index (χ4n) is 0.725. The molecule has 0 aliphatic rings. The largest absolute Gasteiger partial charge is 0.288 e. The van der Waals surface area contributed by atoms with E-state index in [1.165, 1.54) is 18.7 Å². The normalized spacial score (nSPS) is 13.0. The highest BCUT2D eigenvalue weighted by Gasteiger charge is 2.02. The van der Waals surface area contributed by atoms with Gasteiger partial charge in [0.2, 0.25) is 0 Å². The van der Waals surface area contributed by atoms with Crippen molar-refractivity contribution >= 4 is 16.9 Å². The van der Waals surface area contributed by atoms with Crippen LogP contribution in [0.4, 0.5) is 4.39 Å². The summed E-state index contributed by atoms with van der Waals surface area (Å²) in [6, 6.07) is 0. The van der Waals surface area contributed by atoms with E-state index >= 15 is 0 Å². The Kier molecular flexibility index (Phi) is 6.62. The number of carbonyl (C=O) groups is 1. The minimum Gasteiger partial charge on any atom is -0.288 e. The molecule has 0 aliphatic heterocycles. The molecular formula is C8H15FOS. The van der Waals surface area contributed by atoms with Gasteiger partial charge in [0.1, 0.15) is 0 Å². The smallest absolute Gasteiger partial charge is 0.185 e. The summed E-state index contributed by atoms with van der Waals surface area (Å²) in [7, 11) is 0. The summed E-state index contributed by atoms with van der Waals surface area (Å²) >= 11 is 1.28. The Labute approximate surface area is 71.7 Å². The van der Waals surface area contributed by atoms with E-state index in [9.17, 15) is 9.18 Å². The molecule has 3 heteroatoms. The van der Waals surface area contributed by atoms with Gasteiger partial charge in [-0.3, -0.25) is 4.79 Å². The Hall–Kier alpha value is -0.0500. The summed E-state index contributed by atoms with van der Waals surface area (Å²) in [5.41, 5.74) is 0. The first-order valence-corrected chi connectivity index (χ1v) is 4.92. The fraction of sp³-hybridized carbons (Fsp3) is 0.875. The summed E-state index contributed by atoms with van der Waals surface area (Å²) in [5.74, 6) is 0.760. The Morgan fingerprint density at radius 3 is 2.73 bits per heavy atom. The quantitative estimate of drug-likeness (QED) is 0.602. The van der Waals surface area contributed by atoms with Crippen LogP contribution in [0, 0.1) is 0 Å². The second-order valence-corrected chi connectivity index (χ2v) is 3.76. The number of thioether (sulfide) groups is 1. The van der Waals surface area contributed by atoms with Gasteiger partial charge in [0.15, 0.2) is 5.12 Å². The van der Waals surface area contributed by atoms with E-state index < -0.39 is 6.17 Å². The molecule has 1 atom stereocenters. The number of hydrogen-bond acceptors (Lipinski definition) is 2. The van der Waals surface area contributed by atoms with Gasteiger partial charge in [-0.2, -0.15) is 0 Å². The van der Waals surface area contributed by atoms with Crippen molar-refractivity contribution in [2.24, 2.45) is 0 Å². The zero-order valence-corrected chi connectivity index (χ0v) is 7.92. The van der Waals surface area contributed by atoms with E-state index in [-0.39, 0.29) is 5.12 Å². The molecule has 0 heterocycles. The van der Waals surface area contributed by atoms with E-state index in [0.717, 1.165) is 12.2 Å². The van der Waals surface area contributed by atoms with Crippen LogP contribution in [-0.2, 0) is 4.79 Å². The minimum absolute atomic E-state index is 0.122. The maximum absolute atomic E-state index is 12.6. The van der Waals surface area contributed by atoms with Crippen molar-refractivity contribution in [3.63, 3.8) is 0 Å². The number of alkyl halides is 1. The van der Waals surface area contributed by atoms with Crippen LogP contribution in [0.2, 0.25) is 0 Å². The first-order chi connectivity index (χ1) is 5.16. The Morgan fingerprint density at radius 1 is 1.64 bits per heavy atom. The number of hydrogen-bond donors (Lipinski definition) is 0. The fourth-order valence-corrected chi connectivity index (χ4v) is 1.32. The highest BCUT2D eigenvalue weighted by atomic mass is 32.2. The van der Waals surface area contributed by atoms with Gasteiger partial charge in [-0.1, -0.05) is 18.7 Å². The van der Waals surface area contributed by atoms with Crippen LogP contribution in [0.5, 0.6) is 0 Å². The topological polar surface area (TPSA) is 17.1 Å². The SMILES string of the molecule is CCC(F)CCCSC(C)=O. The molecule has 0 rings (SSSR count). The average Bonchev–Trinajstić information content (AvgIpc) is 1.97. The number of halogens is 1. The molecule has 0 N–H and O–H groups in total. The molecule has 1 unspecified atom stereocenters. The standard InChI is InChI=1S/C8H15FOS/c1-3-8(9)5-4-6-11-7(2)10/h8H,3-6H2,1-2H3. The summed E-state index contributed by atoms with van der Waals surface area (Å²) in [6.07, 6.45) is 1.31. The molecule has 1 nitrogen and oxygen atoms in total. The number of rotatable bonds is 5. The van der Waals surface area contributed by atoms with E-state index in [1.54, 1.807) is 0 Å². The molecule has 66 valence electrons. The van der Waals surface area contributed by atoms with Gasteiger partial charge >= 0.3 is 0 Å². The van der Waals surface area contributed by atoms with Gasteiger partial charge in [0.05, 0.1) is 6.17 Å². The third-order valence-corrected chi connectivity index (χ3v) is 2.31. The zero-order chi connectivity index (χ0) is 8.69. The van der Waals surface area contributed by atoms with Crippen LogP contribution in [0.25, 0.3) is 0 Å². The van der Waals surface area contributed by atoms with Gasteiger partial charge in [0.25, 0.3) is 0 Å². The van der Waals surface area contributed by atoms with Crippen molar-refractivity contribution < 1.29 is 9.18 Å². The lowest BCUT2D eigenvalue weighted by Crippen LogP contribution is -1.98. The monoisotopic (exact) mass is 178 g/mol. The molecular weight excluding hydrogens is 163 g/mol. The predicted molar refractivity (Wildman–Crippen MR) is 47.6 cm³/mol. The summed E-state index contributed by atoms with van der Waals surface area (Å²) in [4.78, 5) is 10.4. The third-order valence-electron chi connectivity index (χ3n) is 1.41. The second-order valence-electron chi connectivity index (χ2n) is 2.49. The molecule has 11 heavy (non-hydrogen) atoms. The number of carbonyl (C=O) groups excluding carboxylic acids is 1. The molecule has 0 aromatic carbocycles. The molecule has 0 aromatic heterocycles. The third kappa shape index (κ3) is 7.85. The van der Waals surface area contributed by atoms with Gasteiger partial charge in [0, 0.05) is 12.7 Å². The molecule has 0 amide bonds. The molecule has 0 saturated heterocycles. The first kappa shape index (κ1) is 11.0. The van der Waals surface area contributed by atoms with Crippen molar-refractivity contribution in [1.29, 1.82) is 0 Å². The van der Waals surface area contributed by atoms with Crippen LogP contribution in [0.15, 0.2) is 0 Å². The lowest BCUT2D eigenvalue weighted by atomic mass is 10.2. The van der Waals surface area contributed by atoms with Crippen LogP contribution in [-0.4, -0.2) is 17.0 Å². The van der Waals surface area contributed by atoms with Crippen molar-refractivity contribution in [2.75, 3.05) is 5.75 Å². The average molecular weight is 178 g/mol. The lowest BCUT2D eigenvalue weighted by Gasteiger charge is -2.02. The van der Waals surface area contributed by atoms with E-state index in [4.69, 9.17) is 0 Å². The molecule has 0 fully saturated rings. The van der Waals surface area contributed by atoms with Crippen molar-refractivity contribution in [3.8, 4) is 0 Å². The Bertz CT molecular complexity index is 117. The minimum atomic E-state index is -0.678. The van der Waals surface area contributed by atoms with Crippen LogP contribution < -0.4 is 0 Å². The molecule has 0 bridgehead atoms. The van der Waals surface area contributed by atoms with Gasteiger partial charge in [-0.25, -0.2) is 4.39 Å². The van der Waals surface area contributed by atoms with Crippen molar-refractivity contribution in [2.45, 2.75) is 39.3 Å². The van der Waals surface area contributed by atoms with Gasteiger partial charge < -0.3 is 0 Å². The highest BCUT2D eigenvalue weighted by Crippen LogP contribution is 2.10. The lowest BCUT2D eigenvalue weighted by molar-refractivity contribution is -0.109. The summed E-state index contributed by atoms with van der Waals surface area (Å²) in [5, 5.41) is 0.122. The molecule has 0 aromatic rings. The van der Waals surface area contributed by atoms with Gasteiger partial charge in [-0.15, -0.1) is 0 Å². The molecule has 0 radical (unpaired) electrons. The van der Waals surface area contributed by atoms with Gasteiger partial charge in [-0.05, 0) is 19.3 Å². The Balaban J connectivity index is 3.08. The molecule has 0 spiro atoms.